The number of alkyl halides is 10. The smallest absolute Gasteiger partial charge is 0.264 e. The maximum atomic E-state index is 13.7. The molecular weight excluding hydrogens is 1860 g/mol. The van der Waals surface area contributed by atoms with E-state index >= 15 is 0 Å². The van der Waals surface area contributed by atoms with Gasteiger partial charge < -0.3 is 34.3 Å². The number of hydrogen-bond acceptors (Lipinski definition) is 18. The third-order valence-electron chi connectivity index (χ3n) is 25.4. The Balaban J connectivity index is 0.000000137. The minimum Gasteiger partial charge on any atom is -0.369 e. The quantitative estimate of drug-likeness (QED) is 0.0763. The maximum absolute atomic E-state index is 13.7. The monoisotopic (exact) mass is 1980 g/mol. The van der Waals surface area contributed by atoms with E-state index in [1.54, 1.807) is 72.3 Å². The van der Waals surface area contributed by atoms with Gasteiger partial charge in [0.25, 0.3) is 32.1 Å². The first-order valence-electron chi connectivity index (χ1n) is 46.6. The molecule has 6 aliphatic heterocycles. The highest BCUT2D eigenvalue weighted by atomic mass is 35.5. The summed E-state index contributed by atoms with van der Waals surface area (Å²) in [6, 6.07) is 40.3. The van der Waals surface area contributed by atoms with Crippen LogP contribution in [-0.2, 0) is 38.5 Å². The lowest BCUT2D eigenvalue weighted by Crippen LogP contribution is -2.35. The standard InChI is InChI=1S/C18H23F2N3S.C18H22F2N2S.C18H18F2N2S.C18H20N2S.C17H18ClF2NS.C17H20F2N2S/c1-11(2)23-7-5-6-12-8-13(14(17(19)20)9-15(12)23)16-10-21-18(24-16)22(3)4;1-10(2)22-7-5-6-13-8-14(15(18(19)20)9-16(13)22)17-11(3)21-12(4)23-17;1-11(2)22-7-3-4-12-8-14(15(18(19)20)9-16(12)22)17-6-5-13(10-21)23-17;1-12(2)20-8-4-5-14-9-16(15(11-19)10-17(14)20)18-7-6-13(3)21-18;1-10(2)21-7-3-4-11-8-12(15-5-6-16(18)22-15)13(17(19)20)9-14(11)21;1-10(2)21-6-4-5-12-7-13(16-9-20-11(3)22-16)14(17(18)19)8-15(12)21/h8-11,17H,5-7H2,1-4H3;8-10,18H,5-7H2,1-4H3;5-6,8-9,11,18H,3-4,7H2,1-2H3;6-7,9-10,12H,4-5,8H2,1-3H3;5-6,8-10,17H,3-4,7H2,1-2H3;7-10,17H,4-6H2,1-3H3. The summed E-state index contributed by atoms with van der Waals surface area (Å²) in [5.74, 6) is 0. The van der Waals surface area contributed by atoms with Crippen molar-refractivity contribution < 1.29 is 43.9 Å². The first-order chi connectivity index (χ1) is 64.3. The average Bonchev–Trinajstić information content (AvgIpc) is 1.74. The molecule has 6 aromatic heterocycles. The van der Waals surface area contributed by atoms with Crippen LogP contribution < -0.4 is 34.3 Å². The zero-order valence-electron chi connectivity index (χ0n) is 80.1. The number of benzene rings is 6. The maximum Gasteiger partial charge on any atom is 0.264 e. The predicted molar refractivity (Wildman–Crippen MR) is 549 cm³/mol. The summed E-state index contributed by atoms with van der Waals surface area (Å²) in [7, 11) is 3.81. The lowest BCUT2D eigenvalue weighted by Gasteiger charge is -2.35. The molecule has 29 heteroatoms. The first kappa shape index (κ1) is 103. The van der Waals surface area contributed by atoms with Crippen LogP contribution >= 0.6 is 79.6 Å². The molecule has 135 heavy (non-hydrogen) atoms. The lowest BCUT2D eigenvalue weighted by atomic mass is 9.93. The summed E-state index contributed by atoms with van der Waals surface area (Å²) in [5, 5.41) is 21.2. The summed E-state index contributed by atoms with van der Waals surface area (Å²) in [6.45, 7) is 39.0. The van der Waals surface area contributed by atoms with E-state index in [0.717, 1.165) is 211 Å². The number of aromatic nitrogens is 3. The highest BCUT2D eigenvalue weighted by molar-refractivity contribution is 7.19. The number of thiazole rings is 3. The van der Waals surface area contributed by atoms with E-state index in [0.29, 0.717) is 67.2 Å². The van der Waals surface area contributed by atoms with Crippen molar-refractivity contribution in [3.8, 4) is 74.8 Å². The van der Waals surface area contributed by atoms with Crippen LogP contribution in [0, 0.1) is 50.4 Å². The number of fused-ring (bicyclic) bond motifs is 6. The molecule has 18 rings (SSSR count). The molecule has 6 aliphatic rings. The van der Waals surface area contributed by atoms with Gasteiger partial charge in [0.1, 0.15) is 10.9 Å². The second-order valence-electron chi connectivity index (χ2n) is 36.9. The van der Waals surface area contributed by atoms with E-state index < -0.39 is 32.1 Å². The topological polar surface area (TPSA) is 109 Å². The van der Waals surface area contributed by atoms with Crippen LogP contribution in [0.15, 0.2) is 122 Å². The molecular formula is C106H121ClF10N12S6. The number of rotatable bonds is 18. The fraction of sp³-hybridized carbons (Fsp3) is 0.443. The summed E-state index contributed by atoms with van der Waals surface area (Å²) in [5.41, 5.74) is 19.6. The van der Waals surface area contributed by atoms with Gasteiger partial charge in [0.05, 0.1) is 46.3 Å². The SMILES string of the molecule is CC(C)N1CCCc2cc(-c3ccc(C#N)s3)c(C(F)F)cc21.CC(C)N1CCCc2cc(-c3ccc(Cl)s3)c(C(F)F)cc21.CC(C)N1CCCc2cc(-c3cnc(N(C)C)s3)c(C(F)F)cc21.Cc1ccc(-c2cc3c(cc2C#N)N(C(C)C)CCC3)s1.Cc1nc(C)c(-c2cc3c(cc2C(F)F)N(C(C)C)CCC3)s1.Cc1ncc(-c2cc3c(cc2C(F)F)N(C(C)C)CCC3)s1. The Morgan fingerprint density at radius 1 is 0.341 bits per heavy atom. The Bertz CT molecular complexity index is 6060. The van der Waals surface area contributed by atoms with Gasteiger partial charge in [-0.25, -0.2) is 58.9 Å². The van der Waals surface area contributed by atoms with E-state index in [9.17, 15) is 49.2 Å². The molecule has 0 bridgehead atoms. The van der Waals surface area contributed by atoms with Crippen molar-refractivity contribution >= 4 is 119 Å². The van der Waals surface area contributed by atoms with Crippen LogP contribution in [0.3, 0.4) is 0 Å². The molecule has 0 N–H and O–H groups in total. The second kappa shape index (κ2) is 45.4. The molecule has 0 unspecified atom stereocenters. The van der Waals surface area contributed by atoms with E-state index in [4.69, 9.17) is 16.9 Å². The van der Waals surface area contributed by atoms with Crippen LogP contribution in [0.25, 0.3) is 62.6 Å². The van der Waals surface area contributed by atoms with Crippen LogP contribution in [0.1, 0.15) is 246 Å². The average molecular weight is 1980 g/mol. The first-order valence-corrected chi connectivity index (χ1v) is 51.8. The van der Waals surface area contributed by atoms with Crippen molar-refractivity contribution in [2.45, 2.75) is 256 Å². The number of aryl methyl sites for hydroxylation is 10. The molecule has 12 heterocycles. The normalized spacial score (nSPS) is 14.5. The molecule has 0 aliphatic carbocycles. The zero-order valence-corrected chi connectivity index (χ0v) is 85.8. The third kappa shape index (κ3) is 23.9. The largest absolute Gasteiger partial charge is 0.369 e. The van der Waals surface area contributed by atoms with Gasteiger partial charge in [-0.2, -0.15) is 10.5 Å². The fourth-order valence-corrected chi connectivity index (χ4v) is 24.4. The van der Waals surface area contributed by atoms with Crippen molar-refractivity contribution in [1.29, 1.82) is 10.5 Å². The zero-order chi connectivity index (χ0) is 97.4. The molecule has 0 radical (unpaired) electrons. The Kier molecular flexibility index (Phi) is 34.6. The van der Waals surface area contributed by atoms with Gasteiger partial charge in [-0.15, -0.1) is 56.7 Å². The predicted octanol–water partition coefficient (Wildman–Crippen LogP) is 32.0. The highest BCUT2D eigenvalue weighted by Crippen LogP contribution is 2.50. The molecule has 0 atom stereocenters. The fourth-order valence-electron chi connectivity index (χ4n) is 19.0. The number of nitrogens with zero attached hydrogens (tertiary/aromatic N) is 12. The van der Waals surface area contributed by atoms with Crippen molar-refractivity contribution in [1.82, 2.24) is 15.0 Å². The van der Waals surface area contributed by atoms with Gasteiger partial charge in [0.15, 0.2) is 5.13 Å². The third-order valence-corrected chi connectivity index (χ3v) is 32.0. The van der Waals surface area contributed by atoms with Gasteiger partial charge in [-0.1, -0.05) is 22.9 Å². The van der Waals surface area contributed by atoms with E-state index in [1.807, 2.05) is 76.2 Å². The second-order valence-corrected chi connectivity index (χ2v) is 44.4. The number of thiophene rings is 3. The summed E-state index contributed by atoms with van der Waals surface area (Å²) < 4.78 is 137. The Labute approximate surface area is 818 Å². The molecule has 718 valence electrons. The Hall–Kier alpha value is -9.52. The van der Waals surface area contributed by atoms with Gasteiger partial charge in [-0.3, -0.25) is 0 Å². The molecule has 12 aromatic rings. The number of halogens is 11. The van der Waals surface area contributed by atoms with Crippen molar-refractivity contribution in [3.05, 3.63) is 218 Å². The van der Waals surface area contributed by atoms with Crippen molar-refractivity contribution in [2.75, 3.05) is 87.7 Å². The van der Waals surface area contributed by atoms with Gasteiger partial charge >= 0.3 is 0 Å². The number of nitriles is 2. The summed E-state index contributed by atoms with van der Waals surface area (Å²) >= 11 is 14.8. The van der Waals surface area contributed by atoms with Gasteiger partial charge in [0.2, 0.25) is 0 Å². The van der Waals surface area contributed by atoms with Crippen LogP contribution in [0.5, 0.6) is 0 Å². The minimum atomic E-state index is -2.53. The summed E-state index contributed by atoms with van der Waals surface area (Å²) in [6.07, 6.45) is 3.23. The molecule has 0 spiro atoms. The van der Waals surface area contributed by atoms with E-state index in [2.05, 4.69) is 171 Å². The number of anilines is 7. The number of hydrogen-bond donors (Lipinski definition) is 0. The molecule has 0 amide bonds. The van der Waals surface area contributed by atoms with E-state index in [1.165, 1.54) is 95.2 Å². The molecule has 0 fully saturated rings. The van der Waals surface area contributed by atoms with Crippen LogP contribution in [0.2, 0.25) is 4.34 Å². The van der Waals surface area contributed by atoms with E-state index in [-0.39, 0.29) is 33.9 Å². The molecule has 12 nitrogen and oxygen atoms in total. The van der Waals surface area contributed by atoms with Crippen molar-refractivity contribution in [3.63, 3.8) is 0 Å². The van der Waals surface area contributed by atoms with Gasteiger partial charge in [0, 0.05) is 217 Å². The van der Waals surface area contributed by atoms with Crippen LogP contribution in [0.4, 0.5) is 83.2 Å². The van der Waals surface area contributed by atoms with Gasteiger partial charge in [-0.05, 0) is 330 Å². The minimum absolute atomic E-state index is 0.0580. The highest BCUT2D eigenvalue weighted by Gasteiger charge is 2.34. The van der Waals surface area contributed by atoms with Crippen LogP contribution in [-0.4, -0.2) is 105 Å². The van der Waals surface area contributed by atoms with Crippen molar-refractivity contribution in [2.24, 2.45) is 0 Å². The molecule has 6 aromatic carbocycles. The molecule has 0 saturated heterocycles. The summed E-state index contributed by atoms with van der Waals surface area (Å²) in [4.78, 5) is 35.5. The Morgan fingerprint density at radius 3 is 0.948 bits per heavy atom. The lowest BCUT2D eigenvalue weighted by molar-refractivity contribution is 0.151. The Morgan fingerprint density at radius 2 is 0.659 bits per heavy atom. The molecule has 0 saturated carbocycles.